The molecule has 4 aromatic rings. The Labute approximate surface area is 174 Å². The van der Waals surface area contributed by atoms with Gasteiger partial charge in [0.2, 0.25) is 0 Å². The molecule has 1 saturated heterocycles. The van der Waals surface area contributed by atoms with Gasteiger partial charge < -0.3 is 14.1 Å². The van der Waals surface area contributed by atoms with E-state index < -0.39 is 0 Å². The van der Waals surface area contributed by atoms with Crippen LogP contribution in [-0.4, -0.2) is 35.6 Å². The van der Waals surface area contributed by atoms with Crippen LogP contribution in [0.3, 0.4) is 0 Å². The molecule has 0 aliphatic carbocycles. The van der Waals surface area contributed by atoms with Gasteiger partial charge in [-0.05, 0) is 63.1 Å². The number of furan rings is 1. The summed E-state index contributed by atoms with van der Waals surface area (Å²) in [6.07, 6.45) is 2.22. The topological polar surface area (TPSA) is 68.5 Å². The second-order valence-electron chi connectivity index (χ2n) is 7.93. The normalized spacial score (nSPS) is 16.5. The lowest BCUT2D eigenvalue weighted by molar-refractivity contribution is 0.0601. The lowest BCUT2D eigenvalue weighted by Crippen LogP contribution is -2.28. The van der Waals surface area contributed by atoms with Gasteiger partial charge in [-0.2, -0.15) is 0 Å². The van der Waals surface area contributed by atoms with E-state index in [2.05, 4.69) is 24.8 Å². The van der Waals surface area contributed by atoms with E-state index in [1.165, 1.54) is 12.7 Å². The molecule has 0 saturated carbocycles. The first-order valence-corrected chi connectivity index (χ1v) is 10.2. The van der Waals surface area contributed by atoms with E-state index in [1.54, 1.807) is 12.1 Å². The minimum atomic E-state index is -0.383. The predicted molar refractivity (Wildman–Crippen MR) is 117 cm³/mol. The van der Waals surface area contributed by atoms with Gasteiger partial charge in [-0.15, -0.1) is 0 Å². The Bertz CT molecular complexity index is 1280. The highest BCUT2D eigenvalue weighted by atomic mass is 16.5. The van der Waals surface area contributed by atoms with Crippen molar-refractivity contribution in [3.63, 3.8) is 0 Å². The number of rotatable bonds is 3. The first kappa shape index (κ1) is 18.6. The van der Waals surface area contributed by atoms with Gasteiger partial charge in [-0.1, -0.05) is 11.6 Å². The van der Waals surface area contributed by atoms with Gasteiger partial charge in [0.05, 0.1) is 23.7 Å². The molecule has 30 heavy (non-hydrogen) atoms. The largest absolute Gasteiger partial charge is 0.465 e. The highest BCUT2D eigenvalue weighted by Gasteiger charge is 2.27. The van der Waals surface area contributed by atoms with Gasteiger partial charge in [0.15, 0.2) is 11.6 Å². The summed E-state index contributed by atoms with van der Waals surface area (Å²) in [6, 6.07) is 13.8. The molecule has 0 radical (unpaired) electrons. The summed E-state index contributed by atoms with van der Waals surface area (Å²) in [4.78, 5) is 24.1. The summed E-state index contributed by atoms with van der Waals surface area (Å²) >= 11 is 0. The van der Waals surface area contributed by atoms with E-state index in [4.69, 9.17) is 19.1 Å². The van der Waals surface area contributed by atoms with Crippen LogP contribution in [0.25, 0.3) is 33.5 Å². The fraction of sp³-hybridized carbons (Fsp3) is 0.292. The minimum Gasteiger partial charge on any atom is -0.465 e. The number of anilines is 1. The summed E-state index contributed by atoms with van der Waals surface area (Å²) in [5.41, 5.74) is 4.59. The molecule has 2 aromatic heterocycles. The molecule has 0 spiro atoms. The number of carbonyl (C=O) groups excluding carboxylic acids is 1. The zero-order chi connectivity index (χ0) is 20.8. The first-order valence-electron chi connectivity index (χ1n) is 10.2. The number of nitrogens with zero attached hydrogens (tertiary/aromatic N) is 3. The second-order valence-corrected chi connectivity index (χ2v) is 7.93. The van der Waals surface area contributed by atoms with Gasteiger partial charge in [-0.3, -0.25) is 0 Å². The number of aryl methyl sites for hydroxylation is 1. The van der Waals surface area contributed by atoms with Crippen LogP contribution in [0.5, 0.6) is 0 Å². The molecular formula is C24H23N3O3. The van der Waals surface area contributed by atoms with E-state index in [-0.39, 0.29) is 5.97 Å². The lowest BCUT2D eigenvalue weighted by atomic mass is 10.1. The van der Waals surface area contributed by atoms with Crippen LogP contribution in [0.15, 0.2) is 46.9 Å². The van der Waals surface area contributed by atoms with Crippen molar-refractivity contribution in [3.05, 3.63) is 53.6 Å². The molecule has 5 rings (SSSR count). The van der Waals surface area contributed by atoms with E-state index in [0.717, 1.165) is 41.9 Å². The maximum Gasteiger partial charge on any atom is 0.337 e. The first-order chi connectivity index (χ1) is 14.5. The average Bonchev–Trinajstić information content (AvgIpc) is 3.37. The minimum absolute atomic E-state index is 0.367. The second kappa shape index (κ2) is 7.13. The zero-order valence-electron chi connectivity index (χ0n) is 17.3. The molecule has 0 amide bonds. The van der Waals surface area contributed by atoms with Crippen molar-refractivity contribution >= 4 is 33.8 Å². The van der Waals surface area contributed by atoms with Crippen molar-refractivity contribution in [3.8, 4) is 11.5 Å². The summed E-state index contributed by atoms with van der Waals surface area (Å²) in [7, 11) is 1.38. The molecular weight excluding hydrogens is 378 g/mol. The van der Waals surface area contributed by atoms with Gasteiger partial charge in [0.1, 0.15) is 11.3 Å². The Morgan fingerprint density at radius 1 is 1.13 bits per heavy atom. The SMILES string of the molecule is COC(=O)c1ccc2nc(-c3cc4cc(C)ccc4o3)c(N3CCC[C@@H]3C)nc2c1. The lowest BCUT2D eigenvalue weighted by Gasteiger charge is -2.24. The smallest absolute Gasteiger partial charge is 0.337 e. The van der Waals surface area contributed by atoms with Crippen LogP contribution in [0, 0.1) is 6.92 Å². The Morgan fingerprint density at radius 2 is 2.00 bits per heavy atom. The van der Waals surface area contributed by atoms with Crippen molar-refractivity contribution < 1.29 is 13.9 Å². The van der Waals surface area contributed by atoms with Crippen LogP contribution in [0.2, 0.25) is 0 Å². The molecule has 0 bridgehead atoms. The number of esters is 1. The van der Waals surface area contributed by atoms with Crippen LogP contribution >= 0.6 is 0 Å². The van der Waals surface area contributed by atoms with Gasteiger partial charge in [0.25, 0.3) is 0 Å². The number of hydrogen-bond donors (Lipinski definition) is 0. The summed E-state index contributed by atoms with van der Waals surface area (Å²) in [5, 5.41) is 1.05. The molecule has 1 atom stereocenters. The number of aromatic nitrogens is 2. The van der Waals surface area contributed by atoms with Crippen LogP contribution < -0.4 is 4.90 Å². The number of methoxy groups -OCH3 is 1. The van der Waals surface area contributed by atoms with Gasteiger partial charge in [0, 0.05) is 18.0 Å². The van der Waals surface area contributed by atoms with E-state index in [0.29, 0.717) is 28.4 Å². The standard InChI is InChI=1S/C24H23N3O3/c1-14-6-9-20-17(11-14)13-21(30-20)22-23(27-10-4-5-15(27)2)26-19-12-16(24(28)29-3)7-8-18(19)25-22/h6-9,11-13,15H,4-5,10H2,1-3H3/t15-/m0/s1. The molecule has 3 heterocycles. The van der Waals surface area contributed by atoms with Crippen molar-refractivity contribution in [2.75, 3.05) is 18.6 Å². The third kappa shape index (κ3) is 3.09. The summed E-state index contributed by atoms with van der Waals surface area (Å²) < 4.78 is 11.0. The number of fused-ring (bicyclic) bond motifs is 2. The van der Waals surface area contributed by atoms with Crippen molar-refractivity contribution in [1.29, 1.82) is 0 Å². The molecule has 1 aliphatic heterocycles. The summed E-state index contributed by atoms with van der Waals surface area (Å²) in [5.74, 6) is 1.12. The van der Waals surface area contributed by atoms with Crippen molar-refractivity contribution in [2.24, 2.45) is 0 Å². The average molecular weight is 401 g/mol. The Morgan fingerprint density at radius 3 is 2.77 bits per heavy atom. The fourth-order valence-corrected chi connectivity index (χ4v) is 4.18. The van der Waals surface area contributed by atoms with Crippen molar-refractivity contribution in [1.82, 2.24) is 9.97 Å². The van der Waals surface area contributed by atoms with E-state index in [9.17, 15) is 4.79 Å². The van der Waals surface area contributed by atoms with Gasteiger partial charge >= 0.3 is 5.97 Å². The third-order valence-electron chi connectivity index (χ3n) is 5.80. The van der Waals surface area contributed by atoms with Gasteiger partial charge in [-0.25, -0.2) is 14.8 Å². The van der Waals surface area contributed by atoms with E-state index >= 15 is 0 Å². The highest BCUT2D eigenvalue weighted by Crippen LogP contribution is 2.36. The summed E-state index contributed by atoms with van der Waals surface area (Å²) in [6.45, 7) is 5.19. The third-order valence-corrected chi connectivity index (χ3v) is 5.80. The maximum absolute atomic E-state index is 12.0. The number of benzene rings is 2. The Hall–Kier alpha value is -3.41. The number of carbonyl (C=O) groups is 1. The molecule has 6 nitrogen and oxygen atoms in total. The van der Waals surface area contributed by atoms with Crippen molar-refractivity contribution in [2.45, 2.75) is 32.7 Å². The molecule has 1 fully saturated rings. The quantitative estimate of drug-likeness (QED) is 0.444. The molecule has 2 aromatic carbocycles. The maximum atomic E-state index is 12.0. The monoisotopic (exact) mass is 401 g/mol. The molecule has 1 aliphatic rings. The zero-order valence-corrected chi connectivity index (χ0v) is 17.3. The molecule has 0 unspecified atom stereocenters. The fourth-order valence-electron chi connectivity index (χ4n) is 4.18. The predicted octanol–water partition coefficient (Wildman–Crippen LogP) is 5.13. The Kier molecular flexibility index (Phi) is 4.42. The van der Waals surface area contributed by atoms with Crippen LogP contribution in [-0.2, 0) is 4.74 Å². The van der Waals surface area contributed by atoms with Crippen LogP contribution in [0.1, 0.15) is 35.7 Å². The molecule has 152 valence electrons. The Balaban J connectivity index is 1.72. The number of ether oxygens (including phenoxy) is 1. The highest BCUT2D eigenvalue weighted by molar-refractivity contribution is 5.95. The van der Waals surface area contributed by atoms with E-state index in [1.807, 2.05) is 24.3 Å². The number of hydrogen-bond acceptors (Lipinski definition) is 6. The van der Waals surface area contributed by atoms with Crippen LogP contribution in [0.4, 0.5) is 5.82 Å². The molecule has 6 heteroatoms. The molecule has 0 N–H and O–H groups in total.